The summed E-state index contributed by atoms with van der Waals surface area (Å²) in [7, 11) is 0. The fraction of sp³-hybridized carbons (Fsp3) is 0.286. The molecule has 2 N–H and O–H groups in total. The molecule has 0 amide bonds. The number of hydrogen-bond donors (Lipinski definition) is 2. The van der Waals surface area contributed by atoms with Crippen molar-refractivity contribution in [1.29, 1.82) is 0 Å². The monoisotopic (exact) mass is 331 g/mol. The van der Waals surface area contributed by atoms with E-state index in [9.17, 15) is 14.0 Å². The van der Waals surface area contributed by atoms with Gasteiger partial charge in [-0.05, 0) is 24.5 Å². The van der Waals surface area contributed by atoms with E-state index in [0.717, 1.165) is 24.8 Å². The van der Waals surface area contributed by atoms with Crippen LogP contribution in [0.1, 0.15) is 23.7 Å². The molecule has 1 aliphatic rings. The van der Waals surface area contributed by atoms with Crippen molar-refractivity contribution in [3.63, 3.8) is 0 Å². The van der Waals surface area contributed by atoms with Crippen LogP contribution in [0.4, 0.5) is 4.39 Å². The van der Waals surface area contributed by atoms with Crippen LogP contribution < -0.4 is 5.32 Å². The van der Waals surface area contributed by atoms with Crippen molar-refractivity contribution < 1.29 is 19.1 Å². The molecule has 0 radical (unpaired) electrons. The third-order valence-electron chi connectivity index (χ3n) is 3.28. The van der Waals surface area contributed by atoms with Gasteiger partial charge in [-0.15, -0.1) is 0 Å². The van der Waals surface area contributed by atoms with Gasteiger partial charge >= 0.3 is 5.97 Å². The molecule has 112 valence electrons. The summed E-state index contributed by atoms with van der Waals surface area (Å²) in [6.07, 6.45) is 2.05. The molecular formula is C14H12Cl2FNO3. The normalized spacial score (nSPS) is 21.0. The Morgan fingerprint density at radius 2 is 2.00 bits per heavy atom. The number of rotatable bonds is 5. The van der Waals surface area contributed by atoms with E-state index in [2.05, 4.69) is 5.32 Å². The Morgan fingerprint density at radius 3 is 2.52 bits per heavy atom. The first-order valence-corrected chi connectivity index (χ1v) is 6.95. The van der Waals surface area contributed by atoms with Crippen LogP contribution in [0.25, 0.3) is 0 Å². The lowest BCUT2D eigenvalue weighted by atomic mass is 10.0. The van der Waals surface area contributed by atoms with Crippen LogP contribution in [0.2, 0.25) is 10.0 Å². The molecule has 1 aromatic rings. The van der Waals surface area contributed by atoms with E-state index in [4.69, 9.17) is 28.3 Å². The van der Waals surface area contributed by atoms with E-state index < -0.39 is 23.1 Å². The number of benzene rings is 1. The van der Waals surface area contributed by atoms with Gasteiger partial charge in [-0.3, -0.25) is 4.79 Å². The number of aliphatic carboxylic acids is 1. The van der Waals surface area contributed by atoms with Crippen molar-refractivity contribution in [2.75, 3.05) is 0 Å². The third-order valence-corrected chi connectivity index (χ3v) is 3.88. The fourth-order valence-corrected chi connectivity index (χ4v) is 2.28. The van der Waals surface area contributed by atoms with Crippen LogP contribution in [-0.4, -0.2) is 22.9 Å². The van der Waals surface area contributed by atoms with Crippen molar-refractivity contribution in [1.82, 2.24) is 5.32 Å². The van der Waals surface area contributed by atoms with Crippen LogP contribution in [0.5, 0.6) is 0 Å². The first-order chi connectivity index (χ1) is 9.81. The van der Waals surface area contributed by atoms with E-state index >= 15 is 0 Å². The molecule has 0 heterocycles. The number of carboxylic acids is 1. The van der Waals surface area contributed by atoms with Gasteiger partial charge in [0.05, 0.1) is 10.0 Å². The predicted molar refractivity (Wildman–Crippen MR) is 77.2 cm³/mol. The second-order valence-electron chi connectivity index (χ2n) is 4.92. The Bertz CT molecular complexity index is 645. The van der Waals surface area contributed by atoms with Gasteiger partial charge in [0, 0.05) is 17.8 Å². The molecule has 2 rings (SSSR count). The highest BCUT2D eigenvalue weighted by Crippen LogP contribution is 2.29. The first-order valence-electron chi connectivity index (χ1n) is 6.20. The number of hydrogen-bond acceptors (Lipinski definition) is 3. The number of halogens is 3. The molecule has 21 heavy (non-hydrogen) atoms. The summed E-state index contributed by atoms with van der Waals surface area (Å²) in [6.45, 7) is 2.00. The lowest BCUT2D eigenvalue weighted by Crippen LogP contribution is -2.19. The summed E-state index contributed by atoms with van der Waals surface area (Å²) in [5.74, 6) is -2.68. The highest BCUT2D eigenvalue weighted by Gasteiger charge is 2.32. The summed E-state index contributed by atoms with van der Waals surface area (Å²) < 4.78 is 13.4. The maximum atomic E-state index is 13.4. The molecule has 1 aromatic carbocycles. The molecule has 1 saturated carbocycles. The van der Waals surface area contributed by atoms with E-state index in [1.54, 1.807) is 0 Å². The van der Waals surface area contributed by atoms with Gasteiger partial charge in [0.25, 0.3) is 0 Å². The third kappa shape index (κ3) is 3.54. The molecule has 0 bridgehead atoms. The summed E-state index contributed by atoms with van der Waals surface area (Å²) in [5.41, 5.74) is -0.740. The average molecular weight is 332 g/mol. The van der Waals surface area contributed by atoms with Gasteiger partial charge in [0.2, 0.25) is 5.78 Å². The summed E-state index contributed by atoms with van der Waals surface area (Å²) in [6, 6.07) is 2.06. The zero-order chi connectivity index (χ0) is 15.7. The number of carboxylic acid groups (broad SMARTS) is 1. The minimum Gasteiger partial charge on any atom is -0.477 e. The van der Waals surface area contributed by atoms with Crippen LogP contribution >= 0.6 is 23.2 Å². The molecule has 7 heteroatoms. The van der Waals surface area contributed by atoms with Crippen molar-refractivity contribution >= 4 is 35.0 Å². The number of Topliss-reactive ketones (excluding diaryl/α,β-unsaturated/α-hetero) is 1. The van der Waals surface area contributed by atoms with Crippen LogP contribution in [0, 0.1) is 11.7 Å². The molecular weight excluding hydrogens is 320 g/mol. The van der Waals surface area contributed by atoms with Crippen LogP contribution in [0.3, 0.4) is 0 Å². The van der Waals surface area contributed by atoms with E-state index in [1.807, 2.05) is 6.92 Å². The van der Waals surface area contributed by atoms with Gasteiger partial charge in [-0.1, -0.05) is 30.1 Å². The van der Waals surface area contributed by atoms with Crippen LogP contribution in [0.15, 0.2) is 23.9 Å². The Morgan fingerprint density at radius 1 is 1.38 bits per heavy atom. The molecule has 1 aliphatic carbocycles. The van der Waals surface area contributed by atoms with Crippen molar-refractivity contribution in [3.8, 4) is 0 Å². The predicted octanol–water partition coefficient (Wildman–Crippen LogP) is 3.28. The van der Waals surface area contributed by atoms with Crippen molar-refractivity contribution in [2.45, 2.75) is 19.4 Å². The number of carbonyl (C=O) groups excluding carboxylic acids is 1. The Labute approximate surface area is 130 Å². The Hall–Kier alpha value is -1.59. The number of ketones is 1. The van der Waals surface area contributed by atoms with Gasteiger partial charge in [0.15, 0.2) is 0 Å². The largest absolute Gasteiger partial charge is 0.477 e. The SMILES string of the molecule is CC1CC1N/C=C(\C(=O)O)C(=O)c1cc(F)c(Cl)cc1Cl. The second-order valence-corrected chi connectivity index (χ2v) is 5.74. The molecule has 0 aromatic heterocycles. The highest BCUT2D eigenvalue weighted by atomic mass is 35.5. The van der Waals surface area contributed by atoms with Crippen LogP contribution in [-0.2, 0) is 4.79 Å². The fourth-order valence-electron chi connectivity index (χ4n) is 1.81. The molecule has 0 saturated heterocycles. The van der Waals surface area contributed by atoms with Gasteiger partial charge in [-0.2, -0.15) is 0 Å². The molecule has 4 nitrogen and oxygen atoms in total. The number of nitrogens with one attached hydrogen (secondary N) is 1. The number of carbonyl (C=O) groups is 2. The molecule has 1 fully saturated rings. The van der Waals surface area contributed by atoms with E-state index in [-0.39, 0.29) is 21.7 Å². The van der Waals surface area contributed by atoms with Crippen molar-refractivity contribution in [3.05, 3.63) is 45.3 Å². The lowest BCUT2D eigenvalue weighted by Gasteiger charge is -2.07. The smallest absolute Gasteiger partial charge is 0.341 e. The maximum Gasteiger partial charge on any atom is 0.341 e. The van der Waals surface area contributed by atoms with Gasteiger partial charge in [0.1, 0.15) is 11.4 Å². The first kappa shape index (κ1) is 15.8. The molecule has 0 aliphatic heterocycles. The zero-order valence-electron chi connectivity index (χ0n) is 11.0. The lowest BCUT2D eigenvalue weighted by molar-refractivity contribution is -0.132. The van der Waals surface area contributed by atoms with E-state index in [1.165, 1.54) is 0 Å². The standard InChI is InChI=1S/C14H12Cl2FNO3/c1-6-2-12(6)18-5-8(14(20)21)13(19)7-3-11(17)10(16)4-9(7)15/h3-6,12,18H,2H2,1H3,(H,20,21)/b8-5-. The second kappa shape index (κ2) is 6.03. The quantitative estimate of drug-likeness (QED) is 0.285. The summed E-state index contributed by atoms with van der Waals surface area (Å²) >= 11 is 11.4. The molecule has 2 atom stereocenters. The van der Waals surface area contributed by atoms with Gasteiger partial charge in [-0.25, -0.2) is 9.18 Å². The van der Waals surface area contributed by atoms with Crippen molar-refractivity contribution in [2.24, 2.45) is 5.92 Å². The average Bonchev–Trinajstić information content (AvgIpc) is 3.09. The summed E-state index contributed by atoms with van der Waals surface area (Å²) in [5, 5.41) is 11.7. The molecule has 0 spiro atoms. The minimum atomic E-state index is -1.41. The molecule has 2 unspecified atom stereocenters. The maximum absolute atomic E-state index is 13.4. The highest BCUT2D eigenvalue weighted by molar-refractivity contribution is 6.38. The Kier molecular flexibility index (Phi) is 4.54. The zero-order valence-corrected chi connectivity index (χ0v) is 12.5. The van der Waals surface area contributed by atoms with E-state index in [0.29, 0.717) is 5.92 Å². The Balaban J connectivity index is 2.30. The minimum absolute atomic E-state index is 0.0988. The summed E-state index contributed by atoms with van der Waals surface area (Å²) in [4.78, 5) is 23.4. The van der Waals surface area contributed by atoms with Gasteiger partial charge < -0.3 is 10.4 Å². The topological polar surface area (TPSA) is 66.4 Å².